The average molecular weight is 351 g/mol. The van der Waals surface area contributed by atoms with Gasteiger partial charge in [0.15, 0.2) is 4.21 Å². The molecule has 0 N–H and O–H groups in total. The summed E-state index contributed by atoms with van der Waals surface area (Å²) in [7, 11) is -3.92. The highest BCUT2D eigenvalue weighted by Crippen LogP contribution is 2.40. The summed E-state index contributed by atoms with van der Waals surface area (Å²) in [6.45, 7) is 5.36. The lowest BCUT2D eigenvalue weighted by atomic mass is 9.99. The van der Waals surface area contributed by atoms with Crippen LogP contribution in [0.3, 0.4) is 0 Å². The van der Waals surface area contributed by atoms with Crippen LogP contribution in [0.1, 0.15) is 27.2 Å². The lowest BCUT2D eigenvalue weighted by Gasteiger charge is -2.36. The van der Waals surface area contributed by atoms with Crippen molar-refractivity contribution in [1.82, 2.24) is 0 Å². The number of hydrogen-bond acceptors (Lipinski definition) is 3. The molecule has 1 aromatic carbocycles. The third-order valence-electron chi connectivity index (χ3n) is 3.78. The van der Waals surface area contributed by atoms with Gasteiger partial charge in [-0.1, -0.05) is 35.9 Å². The van der Waals surface area contributed by atoms with Crippen LogP contribution in [0.25, 0.3) is 0 Å². The molecule has 0 saturated carbocycles. The molecule has 0 spiro atoms. The van der Waals surface area contributed by atoms with Crippen LogP contribution in [0.4, 0.5) is 5.69 Å². The Morgan fingerprint density at radius 1 is 1.30 bits per heavy atom. The molecular formula is C17H19ClN2O2S. The van der Waals surface area contributed by atoms with E-state index in [0.717, 1.165) is 5.57 Å². The molecule has 2 rings (SSSR count). The Bertz CT molecular complexity index is 792. The van der Waals surface area contributed by atoms with Crippen molar-refractivity contribution in [1.29, 1.82) is 5.26 Å². The van der Waals surface area contributed by atoms with Crippen molar-refractivity contribution in [2.75, 3.05) is 4.31 Å². The Labute approximate surface area is 142 Å². The topological polar surface area (TPSA) is 61.2 Å². The minimum atomic E-state index is -3.92. The number of benzene rings is 1. The molecule has 1 aliphatic carbocycles. The maximum atomic E-state index is 13.2. The van der Waals surface area contributed by atoms with Crippen LogP contribution in [0.5, 0.6) is 0 Å². The molecule has 0 aromatic heterocycles. The van der Waals surface area contributed by atoms with Crippen molar-refractivity contribution in [2.24, 2.45) is 0 Å². The average Bonchev–Trinajstić information content (AvgIpc) is 2.50. The minimum Gasteiger partial charge on any atom is -0.266 e. The van der Waals surface area contributed by atoms with E-state index in [0.29, 0.717) is 11.3 Å². The van der Waals surface area contributed by atoms with Gasteiger partial charge in [0.1, 0.15) is 0 Å². The second-order valence-corrected chi connectivity index (χ2v) is 8.77. The first-order valence-corrected chi connectivity index (χ1v) is 9.12. The first-order valence-electron chi connectivity index (χ1n) is 7.30. The molecule has 23 heavy (non-hydrogen) atoms. The van der Waals surface area contributed by atoms with Crippen LogP contribution in [-0.2, 0) is 10.0 Å². The summed E-state index contributed by atoms with van der Waals surface area (Å²) in [5.74, 6) is 0. The second kappa shape index (κ2) is 6.38. The van der Waals surface area contributed by atoms with E-state index in [4.69, 9.17) is 11.6 Å². The Kier molecular flexibility index (Phi) is 4.88. The van der Waals surface area contributed by atoms with Gasteiger partial charge in [-0.2, -0.15) is 5.26 Å². The van der Waals surface area contributed by atoms with Crippen molar-refractivity contribution >= 4 is 27.3 Å². The summed E-state index contributed by atoms with van der Waals surface area (Å²) < 4.78 is 26.1. The zero-order valence-corrected chi connectivity index (χ0v) is 14.9. The molecule has 1 unspecified atom stereocenters. The van der Waals surface area contributed by atoms with Crippen molar-refractivity contribution < 1.29 is 8.42 Å². The van der Waals surface area contributed by atoms with Crippen molar-refractivity contribution in [3.8, 4) is 6.07 Å². The Hall–Kier alpha value is -1.77. The van der Waals surface area contributed by atoms with Gasteiger partial charge in [-0.3, -0.25) is 4.31 Å². The van der Waals surface area contributed by atoms with Crippen LogP contribution in [0, 0.1) is 11.3 Å². The zero-order valence-electron chi connectivity index (χ0n) is 13.3. The molecule has 1 aromatic rings. The number of nitriles is 1. The minimum absolute atomic E-state index is 0.0359. The van der Waals surface area contributed by atoms with E-state index < -0.39 is 14.2 Å². The fourth-order valence-electron chi connectivity index (χ4n) is 2.55. The van der Waals surface area contributed by atoms with E-state index in [1.54, 1.807) is 51.1 Å². The number of rotatable bonds is 4. The summed E-state index contributed by atoms with van der Waals surface area (Å²) in [5.41, 5.74) is 1.69. The number of allylic oxidation sites excluding steroid dienone is 3. The van der Waals surface area contributed by atoms with Gasteiger partial charge in [0.25, 0.3) is 10.0 Å². The first kappa shape index (κ1) is 17.6. The highest BCUT2D eigenvalue weighted by Gasteiger charge is 2.47. The van der Waals surface area contributed by atoms with Crippen LogP contribution in [0.2, 0.25) is 0 Å². The lowest BCUT2D eigenvalue weighted by Crippen LogP contribution is -2.48. The molecule has 0 saturated heterocycles. The van der Waals surface area contributed by atoms with Gasteiger partial charge in [-0.05, 0) is 44.6 Å². The summed E-state index contributed by atoms with van der Waals surface area (Å²) in [6.07, 6.45) is 3.04. The van der Waals surface area contributed by atoms with Crippen molar-refractivity contribution in [2.45, 2.75) is 37.4 Å². The quantitative estimate of drug-likeness (QED) is 0.772. The Balaban J connectivity index is 2.52. The summed E-state index contributed by atoms with van der Waals surface area (Å²) in [5, 5.41) is 9.22. The van der Waals surface area contributed by atoms with Gasteiger partial charge in [0.2, 0.25) is 0 Å². The number of sulfonamides is 1. The number of hydrogen-bond donors (Lipinski definition) is 0. The highest BCUT2D eigenvalue weighted by atomic mass is 35.5. The molecule has 0 amide bonds. The van der Waals surface area contributed by atoms with Crippen LogP contribution < -0.4 is 4.31 Å². The fourth-order valence-corrected chi connectivity index (χ4v) is 4.81. The molecule has 0 bridgehead atoms. The maximum absolute atomic E-state index is 13.2. The molecule has 1 atom stereocenters. The standard InChI is InChI=1S/C17H19ClN2O2S/c1-13(2)20(16-7-5-4-6-8-16)23(21,22)17(18)10-9-14(3)15(11-17)12-19/h4-10,13H,11H2,1-3H3. The Morgan fingerprint density at radius 3 is 2.43 bits per heavy atom. The first-order chi connectivity index (χ1) is 10.7. The van der Waals surface area contributed by atoms with Crippen molar-refractivity contribution in [3.63, 3.8) is 0 Å². The summed E-state index contributed by atoms with van der Waals surface area (Å²) >= 11 is 6.49. The lowest BCUT2D eigenvalue weighted by molar-refractivity contribution is 0.569. The van der Waals surface area contributed by atoms with Gasteiger partial charge in [-0.15, -0.1) is 0 Å². The Morgan fingerprint density at radius 2 is 1.91 bits per heavy atom. The number of anilines is 1. The smallest absolute Gasteiger partial charge is 0.259 e. The molecule has 1 aliphatic rings. The fraction of sp³-hybridized carbons (Fsp3) is 0.353. The third-order valence-corrected chi connectivity index (χ3v) is 6.91. The number of alkyl halides is 1. The highest BCUT2D eigenvalue weighted by molar-refractivity contribution is 7.95. The van der Waals surface area contributed by atoms with E-state index in [-0.39, 0.29) is 12.5 Å². The van der Waals surface area contributed by atoms with Gasteiger partial charge in [-0.25, -0.2) is 8.42 Å². The normalized spacial score (nSPS) is 21.4. The van der Waals surface area contributed by atoms with E-state index >= 15 is 0 Å². The van der Waals surface area contributed by atoms with Crippen LogP contribution in [-0.4, -0.2) is 18.7 Å². The zero-order chi connectivity index (χ0) is 17.3. The van der Waals surface area contributed by atoms with Crippen LogP contribution in [0.15, 0.2) is 53.6 Å². The predicted octanol–water partition coefficient (Wildman–Crippen LogP) is 3.97. The molecule has 4 nitrogen and oxygen atoms in total. The summed E-state index contributed by atoms with van der Waals surface area (Å²) in [6, 6.07) is 10.6. The number of halogens is 1. The van der Waals surface area contributed by atoms with Gasteiger partial charge < -0.3 is 0 Å². The molecule has 6 heteroatoms. The van der Waals surface area contributed by atoms with E-state index in [1.807, 2.05) is 12.1 Å². The SMILES string of the molecule is CC1=C(C#N)CC(Cl)(S(=O)(=O)N(c2ccccc2)C(C)C)C=C1. The second-order valence-electron chi connectivity index (χ2n) is 5.80. The van der Waals surface area contributed by atoms with E-state index in [9.17, 15) is 13.7 Å². The molecular weight excluding hydrogens is 332 g/mol. The third kappa shape index (κ3) is 3.15. The van der Waals surface area contributed by atoms with E-state index in [1.165, 1.54) is 10.4 Å². The predicted molar refractivity (Wildman–Crippen MR) is 93.6 cm³/mol. The van der Waals surface area contributed by atoms with Gasteiger partial charge in [0, 0.05) is 18.0 Å². The molecule has 0 heterocycles. The van der Waals surface area contributed by atoms with Gasteiger partial charge >= 0.3 is 0 Å². The monoisotopic (exact) mass is 350 g/mol. The largest absolute Gasteiger partial charge is 0.266 e. The summed E-state index contributed by atoms with van der Waals surface area (Å²) in [4.78, 5) is 0. The van der Waals surface area contributed by atoms with Crippen molar-refractivity contribution in [3.05, 3.63) is 53.6 Å². The molecule has 0 radical (unpaired) electrons. The van der Waals surface area contributed by atoms with Gasteiger partial charge in [0.05, 0.1) is 11.8 Å². The molecule has 0 fully saturated rings. The molecule has 122 valence electrons. The van der Waals surface area contributed by atoms with E-state index in [2.05, 4.69) is 0 Å². The number of para-hydroxylation sites is 1. The molecule has 0 aliphatic heterocycles. The van der Waals surface area contributed by atoms with Crippen LogP contribution >= 0.6 is 11.6 Å². The number of nitrogens with zero attached hydrogens (tertiary/aromatic N) is 2. The maximum Gasteiger partial charge on any atom is 0.259 e.